The fraction of sp³-hybridized carbons (Fsp3) is 0.406. The second kappa shape index (κ2) is 12.2. The monoisotopic (exact) mass is 573 g/mol. The molecule has 2 aromatic heterocycles. The minimum atomic E-state index is -0.584. The van der Waals surface area contributed by atoms with Crippen LogP contribution in [0.15, 0.2) is 65.6 Å². The van der Waals surface area contributed by atoms with Gasteiger partial charge < -0.3 is 29.0 Å². The third-order valence-electron chi connectivity index (χ3n) is 7.40. The standard InChI is InChI=1S/C32H39N5O5/c1-32(2,3)42-31(39)35-18-6-7-24(21-35)37-27-16-17-33-29(28(27)34-30(37)38)36(19-22-8-12-25(40-4)13-9-22)20-23-10-14-26(41-5)15-11-23/h8-17,24H,6-7,18-21H2,1-5H3,(H,34,38)/t24-/m1/s1. The van der Waals surface area contributed by atoms with E-state index in [0.29, 0.717) is 37.5 Å². The number of piperidine rings is 1. The number of amides is 1. The number of pyridine rings is 1. The number of anilines is 1. The summed E-state index contributed by atoms with van der Waals surface area (Å²) in [5.74, 6) is 2.25. The van der Waals surface area contributed by atoms with E-state index in [1.807, 2.05) is 75.4 Å². The van der Waals surface area contributed by atoms with E-state index in [1.54, 1.807) is 29.9 Å². The zero-order chi connectivity index (χ0) is 29.9. The van der Waals surface area contributed by atoms with Crippen molar-refractivity contribution < 1.29 is 19.0 Å². The van der Waals surface area contributed by atoms with E-state index in [9.17, 15) is 9.59 Å². The van der Waals surface area contributed by atoms with Gasteiger partial charge in [-0.2, -0.15) is 0 Å². The molecule has 1 atom stereocenters. The molecule has 0 radical (unpaired) electrons. The van der Waals surface area contributed by atoms with Gasteiger partial charge >= 0.3 is 11.8 Å². The van der Waals surface area contributed by atoms with Crippen molar-refractivity contribution in [1.82, 2.24) is 19.4 Å². The maximum atomic E-state index is 13.5. The van der Waals surface area contributed by atoms with Gasteiger partial charge in [0.2, 0.25) is 0 Å². The van der Waals surface area contributed by atoms with Gasteiger partial charge in [0.1, 0.15) is 22.6 Å². The molecule has 222 valence electrons. The van der Waals surface area contributed by atoms with Crippen LogP contribution in [-0.4, -0.2) is 58.4 Å². The maximum Gasteiger partial charge on any atom is 0.410 e. The molecule has 0 unspecified atom stereocenters. The van der Waals surface area contributed by atoms with Crippen LogP contribution in [0.5, 0.6) is 11.5 Å². The molecule has 10 heteroatoms. The van der Waals surface area contributed by atoms with Crippen LogP contribution in [0.2, 0.25) is 0 Å². The molecule has 0 spiro atoms. The van der Waals surface area contributed by atoms with E-state index >= 15 is 0 Å². The predicted octanol–water partition coefficient (Wildman–Crippen LogP) is 5.52. The Hall–Kier alpha value is -4.47. The first-order valence-corrected chi connectivity index (χ1v) is 14.2. The number of hydrogen-bond acceptors (Lipinski definition) is 7. The number of aromatic nitrogens is 3. The summed E-state index contributed by atoms with van der Waals surface area (Å²) >= 11 is 0. The third-order valence-corrected chi connectivity index (χ3v) is 7.40. The number of aromatic amines is 1. The van der Waals surface area contributed by atoms with Crippen molar-refractivity contribution in [2.45, 2.75) is 58.3 Å². The van der Waals surface area contributed by atoms with E-state index < -0.39 is 5.60 Å². The quantitative estimate of drug-likeness (QED) is 0.296. The lowest BCUT2D eigenvalue weighted by atomic mass is 10.1. The topological polar surface area (TPSA) is 102 Å². The number of rotatable bonds is 8. The van der Waals surface area contributed by atoms with Gasteiger partial charge in [0.25, 0.3) is 0 Å². The predicted molar refractivity (Wildman–Crippen MR) is 162 cm³/mol. The summed E-state index contributed by atoms with van der Waals surface area (Å²) < 4.78 is 18.1. The minimum absolute atomic E-state index is 0.181. The molecule has 42 heavy (non-hydrogen) atoms. The fourth-order valence-electron chi connectivity index (χ4n) is 5.41. The summed E-state index contributed by atoms with van der Waals surface area (Å²) in [5.41, 5.74) is 2.77. The summed E-state index contributed by atoms with van der Waals surface area (Å²) in [6.45, 7) is 7.70. The van der Waals surface area contributed by atoms with Crippen LogP contribution in [0, 0.1) is 0 Å². The van der Waals surface area contributed by atoms with Crippen molar-refractivity contribution in [1.29, 1.82) is 0 Å². The minimum Gasteiger partial charge on any atom is -0.497 e. The van der Waals surface area contributed by atoms with Crippen LogP contribution >= 0.6 is 0 Å². The van der Waals surface area contributed by atoms with Crippen LogP contribution in [0.1, 0.15) is 50.8 Å². The Morgan fingerprint density at radius 3 is 2.12 bits per heavy atom. The molecular formula is C32H39N5O5. The van der Waals surface area contributed by atoms with Gasteiger partial charge in [0.05, 0.1) is 25.8 Å². The van der Waals surface area contributed by atoms with Crippen LogP contribution in [0.25, 0.3) is 11.0 Å². The average molecular weight is 574 g/mol. The van der Waals surface area contributed by atoms with Crippen molar-refractivity contribution in [3.63, 3.8) is 0 Å². The third kappa shape index (κ3) is 6.53. The molecule has 0 bridgehead atoms. The Morgan fingerprint density at radius 2 is 1.57 bits per heavy atom. The number of nitrogens with zero attached hydrogens (tertiary/aromatic N) is 4. The number of ether oxygens (including phenoxy) is 3. The van der Waals surface area contributed by atoms with Gasteiger partial charge in [-0.15, -0.1) is 0 Å². The summed E-state index contributed by atoms with van der Waals surface area (Å²) in [6.07, 6.45) is 2.95. The SMILES string of the molecule is COc1ccc(CN(Cc2ccc(OC)cc2)c2nccc3c2[nH]c(=O)n3[C@@H]2CCCN(C(=O)OC(C)(C)C)C2)cc1. The van der Waals surface area contributed by atoms with E-state index in [1.165, 1.54) is 0 Å². The van der Waals surface area contributed by atoms with Gasteiger partial charge in [0.15, 0.2) is 5.82 Å². The van der Waals surface area contributed by atoms with E-state index in [4.69, 9.17) is 19.2 Å². The molecule has 2 aromatic carbocycles. The summed E-state index contributed by atoms with van der Waals surface area (Å²) in [7, 11) is 3.30. The van der Waals surface area contributed by atoms with Crippen molar-refractivity contribution in [2.24, 2.45) is 0 Å². The zero-order valence-electron chi connectivity index (χ0n) is 24.9. The molecule has 3 heterocycles. The van der Waals surface area contributed by atoms with Crippen molar-refractivity contribution in [3.05, 3.63) is 82.4 Å². The van der Waals surface area contributed by atoms with Gasteiger partial charge in [-0.25, -0.2) is 14.6 Å². The zero-order valence-corrected chi connectivity index (χ0v) is 24.9. The van der Waals surface area contributed by atoms with Crippen LogP contribution in [-0.2, 0) is 17.8 Å². The number of nitrogens with one attached hydrogen (secondary N) is 1. The number of H-pyrrole nitrogens is 1. The fourth-order valence-corrected chi connectivity index (χ4v) is 5.41. The van der Waals surface area contributed by atoms with Gasteiger partial charge in [-0.3, -0.25) is 4.57 Å². The van der Waals surface area contributed by atoms with Crippen LogP contribution < -0.4 is 20.1 Å². The number of likely N-dealkylation sites (tertiary alicyclic amines) is 1. The maximum absolute atomic E-state index is 13.5. The Kier molecular flexibility index (Phi) is 8.42. The number of benzene rings is 2. The number of carbonyl (C=O) groups is 1. The molecule has 0 aliphatic carbocycles. The lowest BCUT2D eigenvalue weighted by Crippen LogP contribution is -2.44. The molecule has 0 saturated carbocycles. The summed E-state index contributed by atoms with van der Waals surface area (Å²) in [4.78, 5) is 38.0. The van der Waals surface area contributed by atoms with Crippen molar-refractivity contribution >= 4 is 22.9 Å². The van der Waals surface area contributed by atoms with E-state index in [2.05, 4.69) is 9.88 Å². The molecule has 1 amide bonds. The van der Waals surface area contributed by atoms with Crippen LogP contribution in [0.4, 0.5) is 10.6 Å². The highest BCUT2D eigenvalue weighted by atomic mass is 16.6. The average Bonchev–Trinajstić information content (AvgIpc) is 3.32. The number of methoxy groups -OCH3 is 2. The second-order valence-electron chi connectivity index (χ2n) is 11.6. The molecule has 1 aliphatic heterocycles. The summed E-state index contributed by atoms with van der Waals surface area (Å²) in [5, 5.41) is 0. The van der Waals surface area contributed by atoms with Gasteiger partial charge in [0, 0.05) is 32.4 Å². The summed E-state index contributed by atoms with van der Waals surface area (Å²) in [6, 6.07) is 17.5. The highest BCUT2D eigenvalue weighted by Gasteiger charge is 2.30. The Morgan fingerprint density at radius 1 is 0.976 bits per heavy atom. The molecular weight excluding hydrogens is 534 g/mol. The van der Waals surface area contributed by atoms with Crippen LogP contribution in [0.3, 0.4) is 0 Å². The smallest absolute Gasteiger partial charge is 0.410 e. The molecule has 5 rings (SSSR count). The molecule has 1 fully saturated rings. The van der Waals surface area contributed by atoms with E-state index in [-0.39, 0.29) is 17.8 Å². The van der Waals surface area contributed by atoms with E-state index in [0.717, 1.165) is 41.0 Å². The molecule has 4 aromatic rings. The van der Waals surface area contributed by atoms with Crippen molar-refractivity contribution in [2.75, 3.05) is 32.2 Å². The largest absolute Gasteiger partial charge is 0.497 e. The molecule has 10 nitrogen and oxygen atoms in total. The number of carbonyl (C=O) groups excluding carboxylic acids is 1. The molecule has 1 saturated heterocycles. The Bertz CT molecular complexity index is 1520. The first-order valence-electron chi connectivity index (χ1n) is 14.2. The second-order valence-corrected chi connectivity index (χ2v) is 11.6. The number of imidazole rings is 1. The number of fused-ring (bicyclic) bond motifs is 1. The van der Waals surface area contributed by atoms with Gasteiger partial charge in [-0.05, 0) is 75.1 Å². The van der Waals surface area contributed by atoms with Gasteiger partial charge in [-0.1, -0.05) is 24.3 Å². The van der Waals surface area contributed by atoms with Crippen molar-refractivity contribution in [3.8, 4) is 11.5 Å². The first-order chi connectivity index (χ1) is 20.1. The molecule has 1 N–H and O–H groups in total. The normalized spacial score (nSPS) is 15.5. The highest BCUT2D eigenvalue weighted by molar-refractivity contribution is 5.86. The lowest BCUT2D eigenvalue weighted by Gasteiger charge is -2.34. The molecule has 1 aliphatic rings. The first kappa shape index (κ1) is 29.0. The number of hydrogen-bond donors (Lipinski definition) is 1. The lowest BCUT2D eigenvalue weighted by molar-refractivity contribution is 0.0173. The highest BCUT2D eigenvalue weighted by Crippen LogP contribution is 2.30. The Labute approximate surface area is 245 Å². The Balaban J connectivity index is 1.49.